The van der Waals surface area contributed by atoms with Crippen LogP contribution in [0.1, 0.15) is 0 Å². The van der Waals surface area contributed by atoms with Crippen molar-refractivity contribution < 1.29 is 5.11 Å². The molecule has 1 aromatic heterocycles. The number of rotatable bonds is 0. The van der Waals surface area contributed by atoms with Crippen LogP contribution in [0.15, 0.2) is 23.1 Å². The Bertz CT molecular complexity index is 232. The van der Waals surface area contributed by atoms with Crippen LogP contribution in [-0.2, 0) is 0 Å². The number of H-pyrrole nitrogens is 1. The standard InChI is InChI=1S/C5H5NO2.Ga/c7-4-2-1-3-6-5(4)8;/h1-3,7H,(H,6,8);. The summed E-state index contributed by atoms with van der Waals surface area (Å²) in [6, 6.07) is 2.88. The molecule has 1 aromatic rings. The minimum absolute atomic E-state index is 0. The van der Waals surface area contributed by atoms with E-state index in [1.807, 2.05) is 0 Å². The third-order valence-electron chi connectivity index (χ3n) is 0.797. The van der Waals surface area contributed by atoms with E-state index in [2.05, 4.69) is 4.98 Å². The largest absolute Gasteiger partial charge is 0.503 e. The van der Waals surface area contributed by atoms with Gasteiger partial charge in [-0.1, -0.05) is 0 Å². The van der Waals surface area contributed by atoms with Crippen molar-refractivity contribution in [2.75, 3.05) is 0 Å². The van der Waals surface area contributed by atoms with Crippen LogP contribution in [0.5, 0.6) is 5.75 Å². The zero-order chi connectivity index (χ0) is 5.98. The molecule has 0 unspecified atom stereocenters. The van der Waals surface area contributed by atoms with Gasteiger partial charge in [0.15, 0.2) is 5.75 Å². The van der Waals surface area contributed by atoms with E-state index >= 15 is 0 Å². The van der Waals surface area contributed by atoms with Crippen LogP contribution >= 0.6 is 0 Å². The summed E-state index contributed by atoms with van der Waals surface area (Å²) in [6.07, 6.45) is 1.46. The van der Waals surface area contributed by atoms with Crippen molar-refractivity contribution in [3.05, 3.63) is 28.7 Å². The Morgan fingerprint density at radius 2 is 2.22 bits per heavy atom. The maximum atomic E-state index is 10.3. The first-order valence-electron chi connectivity index (χ1n) is 2.17. The van der Waals surface area contributed by atoms with Crippen LogP contribution in [0.4, 0.5) is 0 Å². The van der Waals surface area contributed by atoms with Gasteiger partial charge < -0.3 is 10.1 Å². The number of hydrogen-bond donors (Lipinski definition) is 2. The van der Waals surface area contributed by atoms with Gasteiger partial charge in [-0.3, -0.25) is 4.79 Å². The van der Waals surface area contributed by atoms with Gasteiger partial charge in [-0.15, -0.1) is 0 Å². The molecule has 1 rings (SSSR count). The van der Waals surface area contributed by atoms with Gasteiger partial charge in [0.25, 0.3) is 5.56 Å². The van der Waals surface area contributed by atoms with E-state index in [1.165, 1.54) is 12.3 Å². The predicted octanol–water partition coefficient (Wildman–Crippen LogP) is -0.300. The number of aromatic hydroxyl groups is 1. The van der Waals surface area contributed by atoms with E-state index in [9.17, 15) is 4.79 Å². The van der Waals surface area contributed by atoms with Crippen LogP contribution in [0, 0.1) is 0 Å². The third kappa shape index (κ3) is 1.99. The van der Waals surface area contributed by atoms with Gasteiger partial charge in [-0.05, 0) is 12.1 Å². The molecule has 0 spiro atoms. The SMILES string of the molecule is O=c1[nH]cccc1O.[Ga]. The molecular weight excluding hydrogens is 176 g/mol. The molecule has 3 nitrogen and oxygen atoms in total. The third-order valence-corrected chi connectivity index (χ3v) is 0.797. The monoisotopic (exact) mass is 180 g/mol. The van der Waals surface area contributed by atoms with Gasteiger partial charge in [0, 0.05) is 26.0 Å². The van der Waals surface area contributed by atoms with Crippen molar-refractivity contribution in [1.29, 1.82) is 0 Å². The fraction of sp³-hybridized carbons (Fsp3) is 0. The summed E-state index contributed by atoms with van der Waals surface area (Å²) in [5, 5.41) is 8.58. The number of pyridine rings is 1. The smallest absolute Gasteiger partial charge is 0.290 e. The second-order valence-corrected chi connectivity index (χ2v) is 1.38. The van der Waals surface area contributed by atoms with Crippen LogP contribution < -0.4 is 5.56 Å². The van der Waals surface area contributed by atoms with Crippen molar-refractivity contribution in [2.24, 2.45) is 0 Å². The molecule has 0 saturated carbocycles. The van der Waals surface area contributed by atoms with Gasteiger partial charge in [0.2, 0.25) is 0 Å². The summed E-state index contributed by atoms with van der Waals surface area (Å²) in [4.78, 5) is 12.6. The molecule has 2 N–H and O–H groups in total. The summed E-state index contributed by atoms with van der Waals surface area (Å²) in [7, 11) is 0. The molecule has 0 fully saturated rings. The fourth-order valence-corrected chi connectivity index (χ4v) is 0.413. The zero-order valence-electron chi connectivity index (χ0n) is 4.66. The van der Waals surface area contributed by atoms with Gasteiger partial charge in [-0.2, -0.15) is 0 Å². The zero-order valence-corrected chi connectivity index (χ0v) is 7.09. The number of nitrogens with one attached hydrogen (secondary N) is 1. The molecule has 3 radical (unpaired) electrons. The van der Waals surface area contributed by atoms with Crippen molar-refractivity contribution in [3.63, 3.8) is 0 Å². The Morgan fingerprint density at radius 3 is 2.56 bits per heavy atom. The van der Waals surface area contributed by atoms with E-state index in [-0.39, 0.29) is 25.5 Å². The van der Waals surface area contributed by atoms with Crippen LogP contribution in [0.3, 0.4) is 0 Å². The number of aromatic nitrogens is 1. The van der Waals surface area contributed by atoms with E-state index in [4.69, 9.17) is 5.11 Å². The Morgan fingerprint density at radius 1 is 1.56 bits per heavy atom. The first-order chi connectivity index (χ1) is 3.80. The molecule has 0 saturated heterocycles. The molecule has 4 heteroatoms. The Labute approximate surface area is 64.8 Å². The molecular formula is C5H5GaNO2. The molecule has 1 heterocycles. The van der Waals surface area contributed by atoms with Gasteiger partial charge in [0.05, 0.1) is 0 Å². The topological polar surface area (TPSA) is 53.1 Å². The minimum Gasteiger partial charge on any atom is -0.503 e. The Balaban J connectivity index is 0.000000640. The summed E-state index contributed by atoms with van der Waals surface area (Å²) >= 11 is 0. The van der Waals surface area contributed by atoms with Crippen LogP contribution in [0.25, 0.3) is 0 Å². The van der Waals surface area contributed by atoms with E-state index in [0.29, 0.717) is 0 Å². The molecule has 45 valence electrons. The molecule has 0 aliphatic heterocycles. The summed E-state index contributed by atoms with van der Waals surface area (Å²) < 4.78 is 0. The van der Waals surface area contributed by atoms with Crippen molar-refractivity contribution in [1.82, 2.24) is 4.98 Å². The summed E-state index contributed by atoms with van der Waals surface area (Å²) in [5.41, 5.74) is -0.451. The normalized spacial score (nSPS) is 8.00. The van der Waals surface area contributed by atoms with Gasteiger partial charge in [-0.25, -0.2) is 0 Å². The van der Waals surface area contributed by atoms with Crippen molar-refractivity contribution in [3.8, 4) is 5.75 Å². The average molecular weight is 181 g/mol. The first kappa shape index (κ1) is 8.39. The average Bonchev–Trinajstić information content (AvgIpc) is 1.77. The molecule has 0 amide bonds. The maximum Gasteiger partial charge on any atom is 0.290 e. The van der Waals surface area contributed by atoms with Crippen molar-refractivity contribution >= 4 is 19.8 Å². The molecule has 0 aliphatic rings. The minimum atomic E-state index is -0.451. The van der Waals surface area contributed by atoms with E-state index < -0.39 is 5.56 Å². The van der Waals surface area contributed by atoms with Crippen LogP contribution in [0.2, 0.25) is 0 Å². The fourth-order valence-electron chi connectivity index (χ4n) is 0.413. The van der Waals surface area contributed by atoms with Crippen LogP contribution in [-0.4, -0.2) is 29.9 Å². The molecule has 0 aliphatic carbocycles. The van der Waals surface area contributed by atoms with Crippen molar-refractivity contribution in [2.45, 2.75) is 0 Å². The molecule has 9 heavy (non-hydrogen) atoms. The van der Waals surface area contributed by atoms with E-state index in [1.54, 1.807) is 6.07 Å². The first-order valence-corrected chi connectivity index (χ1v) is 2.17. The number of hydrogen-bond acceptors (Lipinski definition) is 2. The maximum absolute atomic E-state index is 10.3. The Hall–Kier alpha value is -0.614. The molecule has 0 atom stereocenters. The summed E-state index contributed by atoms with van der Waals surface area (Å²) in [6.45, 7) is 0. The Kier molecular flexibility index (Phi) is 3.19. The number of aromatic amines is 1. The molecule has 0 bridgehead atoms. The second-order valence-electron chi connectivity index (χ2n) is 1.38. The van der Waals surface area contributed by atoms with E-state index in [0.717, 1.165) is 0 Å². The van der Waals surface area contributed by atoms with Gasteiger partial charge >= 0.3 is 0 Å². The quantitative estimate of drug-likeness (QED) is 0.539. The predicted molar refractivity (Wildman–Crippen MR) is 34.5 cm³/mol. The second kappa shape index (κ2) is 3.42. The summed E-state index contributed by atoms with van der Waals surface area (Å²) in [5.74, 6) is -0.243. The van der Waals surface area contributed by atoms with Gasteiger partial charge in [0.1, 0.15) is 0 Å². The molecule has 0 aromatic carbocycles.